The van der Waals surface area contributed by atoms with Gasteiger partial charge in [0.15, 0.2) is 0 Å². The van der Waals surface area contributed by atoms with Crippen molar-refractivity contribution < 1.29 is 0 Å². The largest absolute Gasteiger partial charge is 0.289 e. The number of aromatic nitrogens is 3. The minimum absolute atomic E-state index is 0.391. The number of hydrogen-bond donors (Lipinski definition) is 0. The molecule has 35 heavy (non-hydrogen) atoms. The molecule has 0 saturated heterocycles. The van der Waals surface area contributed by atoms with Crippen molar-refractivity contribution in [2.75, 3.05) is 6.26 Å². The van der Waals surface area contributed by atoms with Crippen molar-refractivity contribution in [3.8, 4) is 0 Å². The fourth-order valence-electron chi connectivity index (χ4n) is 4.34. The third-order valence-electron chi connectivity index (χ3n) is 6.45. The third-order valence-corrected chi connectivity index (χ3v) is 7.22. The van der Waals surface area contributed by atoms with Gasteiger partial charge < -0.3 is 0 Å². The molecule has 1 aliphatic heterocycles. The van der Waals surface area contributed by atoms with E-state index < -0.39 is 0 Å². The predicted octanol–water partition coefficient (Wildman–Crippen LogP) is 5.29. The molecule has 0 atom stereocenters. The highest BCUT2D eigenvalue weighted by atomic mass is 32.2. The maximum absolute atomic E-state index is 5.05. The van der Waals surface area contributed by atoms with Crippen LogP contribution in [0.1, 0.15) is 61.9 Å². The fraction of sp³-hybridized carbons (Fsp3) is 0.464. The van der Waals surface area contributed by atoms with Crippen molar-refractivity contribution in [1.82, 2.24) is 29.1 Å². The molecule has 0 saturated carbocycles. The molecule has 0 unspecified atom stereocenters. The SMILES string of the molecule is CSN1Cc2cccc(n2)CN(C(C)C)Cc2cccc(n2)CN(C(C)C)Cc2cccc(n2)C1. The first-order chi connectivity index (χ1) is 16.9. The summed E-state index contributed by atoms with van der Waals surface area (Å²) >= 11 is 1.74. The summed E-state index contributed by atoms with van der Waals surface area (Å²) in [4.78, 5) is 20.0. The lowest BCUT2D eigenvalue weighted by Crippen LogP contribution is -2.32. The standard InChI is InChI=1S/C28H38N6S/c1-21(2)32-15-23-9-6-10-24(29-23)16-33(22(3)4)18-26-12-8-14-28(31-26)20-34(35-5)19-27-13-7-11-25(17-32)30-27/h6-14,21-22H,15-20H2,1-5H3. The summed E-state index contributed by atoms with van der Waals surface area (Å²) in [6.07, 6.45) is 2.13. The summed E-state index contributed by atoms with van der Waals surface area (Å²) in [5, 5.41) is 0. The molecule has 4 rings (SSSR count). The van der Waals surface area contributed by atoms with E-state index in [1.807, 2.05) is 0 Å². The van der Waals surface area contributed by atoms with Crippen LogP contribution in [-0.2, 0) is 39.3 Å². The predicted molar refractivity (Wildman–Crippen MR) is 144 cm³/mol. The second kappa shape index (κ2) is 12.1. The highest BCUT2D eigenvalue weighted by Crippen LogP contribution is 2.19. The minimum Gasteiger partial charge on any atom is -0.289 e. The number of rotatable bonds is 3. The molecule has 0 aromatic carbocycles. The van der Waals surface area contributed by atoms with Gasteiger partial charge >= 0.3 is 0 Å². The van der Waals surface area contributed by atoms with Crippen LogP contribution in [-0.4, -0.2) is 47.4 Å². The highest BCUT2D eigenvalue weighted by molar-refractivity contribution is 7.96. The van der Waals surface area contributed by atoms with E-state index in [9.17, 15) is 0 Å². The number of nitrogens with zero attached hydrogens (tertiary/aromatic N) is 6. The third kappa shape index (κ3) is 7.34. The maximum Gasteiger partial charge on any atom is 0.0557 e. The van der Waals surface area contributed by atoms with Crippen LogP contribution in [0.5, 0.6) is 0 Å². The van der Waals surface area contributed by atoms with Crippen molar-refractivity contribution in [2.24, 2.45) is 0 Å². The summed E-state index contributed by atoms with van der Waals surface area (Å²) in [5.74, 6) is 0. The van der Waals surface area contributed by atoms with Gasteiger partial charge in [0.2, 0.25) is 0 Å². The van der Waals surface area contributed by atoms with Crippen molar-refractivity contribution in [3.05, 3.63) is 88.8 Å². The Morgan fingerprint density at radius 2 is 0.829 bits per heavy atom. The summed E-state index contributed by atoms with van der Waals surface area (Å²) in [6.45, 7) is 13.8. The smallest absolute Gasteiger partial charge is 0.0557 e. The van der Waals surface area contributed by atoms with E-state index in [-0.39, 0.29) is 0 Å². The number of fused-ring (bicyclic) bond motifs is 6. The van der Waals surface area contributed by atoms with E-state index in [2.05, 4.69) is 103 Å². The zero-order valence-corrected chi connectivity index (χ0v) is 22.5. The van der Waals surface area contributed by atoms with Gasteiger partial charge in [-0.3, -0.25) is 24.8 Å². The zero-order chi connectivity index (χ0) is 24.8. The quantitative estimate of drug-likeness (QED) is 0.463. The Morgan fingerprint density at radius 1 is 0.543 bits per heavy atom. The molecule has 0 aliphatic carbocycles. The summed E-state index contributed by atoms with van der Waals surface area (Å²) < 4.78 is 2.33. The molecule has 0 spiro atoms. The molecule has 0 fully saturated rings. The summed E-state index contributed by atoms with van der Waals surface area (Å²) in [7, 11) is 0. The average molecular weight is 491 g/mol. The molecule has 6 bridgehead atoms. The Balaban J connectivity index is 1.71. The lowest BCUT2D eigenvalue weighted by molar-refractivity contribution is 0.192. The van der Waals surface area contributed by atoms with Crippen molar-refractivity contribution >= 4 is 11.9 Å². The van der Waals surface area contributed by atoms with E-state index in [0.717, 1.165) is 73.4 Å². The Hall–Kier alpha value is -2.32. The fourth-order valence-corrected chi connectivity index (χ4v) is 4.86. The van der Waals surface area contributed by atoms with Gasteiger partial charge in [0.25, 0.3) is 0 Å². The van der Waals surface area contributed by atoms with E-state index >= 15 is 0 Å². The Labute approximate surface area is 214 Å². The molecule has 0 N–H and O–H groups in total. The monoisotopic (exact) mass is 490 g/mol. The molecule has 186 valence electrons. The molecule has 1 aliphatic rings. The number of hydrogen-bond acceptors (Lipinski definition) is 7. The second-order valence-electron chi connectivity index (χ2n) is 9.84. The molecule has 3 aromatic heterocycles. The van der Waals surface area contributed by atoms with Crippen LogP contribution in [0.4, 0.5) is 0 Å². The van der Waals surface area contributed by atoms with Crippen LogP contribution in [0, 0.1) is 0 Å². The Kier molecular flexibility index (Phi) is 8.89. The lowest BCUT2D eigenvalue weighted by atomic mass is 10.2. The van der Waals surface area contributed by atoms with Crippen molar-refractivity contribution in [3.63, 3.8) is 0 Å². The molecule has 0 radical (unpaired) electrons. The molecule has 3 aromatic rings. The first kappa shape index (κ1) is 25.8. The van der Waals surface area contributed by atoms with Gasteiger partial charge in [-0.25, -0.2) is 4.31 Å². The zero-order valence-electron chi connectivity index (χ0n) is 21.7. The van der Waals surface area contributed by atoms with Crippen LogP contribution in [0.25, 0.3) is 0 Å². The average Bonchev–Trinajstić information content (AvgIpc) is 2.83. The van der Waals surface area contributed by atoms with Gasteiger partial charge in [-0.15, -0.1) is 0 Å². The summed E-state index contributed by atoms with van der Waals surface area (Å²) in [6, 6.07) is 20.0. The van der Waals surface area contributed by atoms with Crippen LogP contribution in [0.2, 0.25) is 0 Å². The van der Waals surface area contributed by atoms with Crippen LogP contribution in [0.15, 0.2) is 54.6 Å². The molecular formula is C28H38N6S. The summed E-state index contributed by atoms with van der Waals surface area (Å²) in [5.41, 5.74) is 6.57. The molecular weight excluding hydrogens is 452 g/mol. The van der Waals surface area contributed by atoms with Gasteiger partial charge in [0.05, 0.1) is 47.3 Å². The molecule has 0 amide bonds. The maximum atomic E-state index is 5.05. The van der Waals surface area contributed by atoms with Crippen LogP contribution < -0.4 is 0 Å². The molecule has 6 nitrogen and oxygen atoms in total. The van der Waals surface area contributed by atoms with Gasteiger partial charge in [0, 0.05) is 38.3 Å². The first-order valence-electron chi connectivity index (χ1n) is 12.5. The normalized spacial score (nSPS) is 16.9. The molecule has 7 heteroatoms. The molecule has 4 heterocycles. The lowest BCUT2D eigenvalue weighted by Gasteiger charge is -2.28. The Bertz CT molecular complexity index is 1020. The topological polar surface area (TPSA) is 48.4 Å². The second-order valence-corrected chi connectivity index (χ2v) is 10.7. The van der Waals surface area contributed by atoms with Gasteiger partial charge in [0.1, 0.15) is 0 Å². The van der Waals surface area contributed by atoms with E-state index in [4.69, 9.17) is 15.0 Å². The van der Waals surface area contributed by atoms with E-state index in [0.29, 0.717) is 12.1 Å². The van der Waals surface area contributed by atoms with Crippen LogP contribution >= 0.6 is 11.9 Å². The minimum atomic E-state index is 0.391. The Morgan fingerprint density at radius 3 is 1.09 bits per heavy atom. The van der Waals surface area contributed by atoms with Gasteiger partial charge in [-0.05, 0) is 70.3 Å². The van der Waals surface area contributed by atoms with Crippen molar-refractivity contribution in [1.29, 1.82) is 0 Å². The highest BCUT2D eigenvalue weighted by Gasteiger charge is 2.17. The van der Waals surface area contributed by atoms with E-state index in [1.165, 1.54) is 0 Å². The van der Waals surface area contributed by atoms with Crippen LogP contribution in [0.3, 0.4) is 0 Å². The van der Waals surface area contributed by atoms with E-state index in [1.54, 1.807) is 11.9 Å². The first-order valence-corrected chi connectivity index (χ1v) is 13.7. The van der Waals surface area contributed by atoms with Gasteiger partial charge in [-0.2, -0.15) is 0 Å². The van der Waals surface area contributed by atoms with Gasteiger partial charge in [-0.1, -0.05) is 30.1 Å². The number of pyridine rings is 3. The van der Waals surface area contributed by atoms with Crippen molar-refractivity contribution in [2.45, 2.75) is 79.0 Å².